The van der Waals surface area contributed by atoms with Crippen molar-refractivity contribution in [3.8, 4) is 0 Å². The van der Waals surface area contributed by atoms with Crippen molar-refractivity contribution < 1.29 is 13.7 Å². The van der Waals surface area contributed by atoms with E-state index in [-0.39, 0.29) is 11.8 Å². The van der Waals surface area contributed by atoms with Gasteiger partial charge in [0, 0.05) is 39.3 Å². The van der Waals surface area contributed by atoms with E-state index in [0.29, 0.717) is 37.8 Å². The summed E-state index contributed by atoms with van der Waals surface area (Å²) in [6, 6.07) is 34.3. The van der Waals surface area contributed by atoms with E-state index < -0.39 is 16.6 Å². The first-order chi connectivity index (χ1) is 25.4. The van der Waals surface area contributed by atoms with Crippen molar-refractivity contribution in [2.75, 3.05) is 26.2 Å². The third kappa shape index (κ3) is 9.82. The zero-order valence-corrected chi connectivity index (χ0v) is 34.2. The summed E-state index contributed by atoms with van der Waals surface area (Å²) in [5, 5.41) is 2.46. The van der Waals surface area contributed by atoms with Gasteiger partial charge in [-0.15, -0.1) is 0 Å². The molecule has 280 valence electrons. The van der Waals surface area contributed by atoms with Crippen LogP contribution in [0.1, 0.15) is 70.9 Å². The number of nitrogens with two attached hydrogens (primary N) is 2. The van der Waals surface area contributed by atoms with Crippen LogP contribution in [-0.2, 0) is 39.6 Å². The Bertz CT molecular complexity index is 1710. The molecule has 0 aromatic heterocycles. The van der Waals surface area contributed by atoms with Crippen LogP contribution >= 0.6 is 0 Å². The third-order valence-corrected chi connectivity index (χ3v) is 19.1. The Morgan fingerprint density at radius 1 is 0.566 bits per heavy atom. The van der Waals surface area contributed by atoms with Gasteiger partial charge in [-0.05, 0) is 107 Å². The minimum Gasteiger partial charge on any atom is -0.449 e. The normalized spacial score (nSPS) is 16.2. The lowest BCUT2D eigenvalue weighted by Crippen LogP contribution is -2.57. The minimum atomic E-state index is -2.25. The third-order valence-electron chi connectivity index (χ3n) is 11.5. The van der Waals surface area contributed by atoms with Gasteiger partial charge in [0.1, 0.15) is 0 Å². The van der Waals surface area contributed by atoms with Crippen molar-refractivity contribution in [2.45, 2.75) is 89.6 Å². The van der Waals surface area contributed by atoms with Crippen LogP contribution in [-0.4, -0.2) is 64.4 Å². The fourth-order valence-corrected chi connectivity index (χ4v) is 16.2. The lowest BCUT2D eigenvalue weighted by Gasteiger charge is -2.35. The first kappa shape index (κ1) is 38.8. The first-order valence-corrected chi connectivity index (χ1v) is 25.3. The second-order valence-corrected chi connectivity index (χ2v) is 24.1. The Kier molecular flexibility index (Phi) is 12.5. The lowest BCUT2D eigenvalue weighted by atomic mass is 9.88. The Morgan fingerprint density at radius 2 is 0.925 bits per heavy atom. The number of piperidine rings is 2. The number of hydrogen-bond acceptors (Lipinski definition) is 5. The zero-order chi connectivity index (χ0) is 37.6. The van der Waals surface area contributed by atoms with Gasteiger partial charge in [-0.25, -0.2) is 0 Å². The smallest absolute Gasteiger partial charge is 0.226 e. The van der Waals surface area contributed by atoms with Gasteiger partial charge in [0.05, 0.1) is 12.8 Å². The van der Waals surface area contributed by atoms with Crippen LogP contribution in [0.2, 0.25) is 26.2 Å². The van der Waals surface area contributed by atoms with Gasteiger partial charge in [-0.2, -0.15) is 0 Å². The van der Waals surface area contributed by atoms with Crippen molar-refractivity contribution in [1.82, 2.24) is 9.80 Å². The summed E-state index contributed by atoms with van der Waals surface area (Å²) < 4.78 is 7.07. The molecule has 0 unspecified atom stereocenters. The van der Waals surface area contributed by atoms with Gasteiger partial charge >= 0.3 is 0 Å². The summed E-state index contributed by atoms with van der Waals surface area (Å²) in [6.45, 7) is 13.4. The number of rotatable bonds is 12. The van der Waals surface area contributed by atoms with Crippen LogP contribution in [0.3, 0.4) is 0 Å². The number of nitrogens with zero attached hydrogens (tertiary/aromatic N) is 2. The monoisotopic (exact) mass is 746 g/mol. The SMILES string of the molecule is C[Si](C)(O[Si](C)(C)c1ccc(CC(=O)N2CCC(c3cccc(CN)c3)CC2)cc1)c1ccc(CC(=O)N2CCC(c3cccc(CN)c3)CC2)cc1. The number of carbonyl (C=O) groups excluding carboxylic acids is 2. The Balaban J connectivity index is 0.976. The molecule has 53 heavy (non-hydrogen) atoms. The molecule has 0 bridgehead atoms. The predicted octanol–water partition coefficient (Wildman–Crippen LogP) is 6.04. The number of benzene rings is 4. The maximum absolute atomic E-state index is 13.3. The van der Waals surface area contributed by atoms with E-state index in [0.717, 1.165) is 63.0 Å². The highest BCUT2D eigenvalue weighted by Gasteiger charge is 2.36. The molecule has 2 aliphatic rings. The fraction of sp³-hybridized carbons (Fsp3) is 0.409. The van der Waals surface area contributed by atoms with Crippen molar-refractivity contribution in [3.63, 3.8) is 0 Å². The van der Waals surface area contributed by atoms with Gasteiger partial charge in [0.2, 0.25) is 28.4 Å². The van der Waals surface area contributed by atoms with E-state index >= 15 is 0 Å². The Hall–Kier alpha value is -3.87. The second-order valence-electron chi connectivity index (χ2n) is 16.1. The Morgan fingerprint density at radius 3 is 1.26 bits per heavy atom. The molecule has 4 N–H and O–H groups in total. The van der Waals surface area contributed by atoms with Gasteiger partial charge < -0.3 is 25.4 Å². The molecule has 6 rings (SSSR count). The Labute approximate surface area is 319 Å². The first-order valence-electron chi connectivity index (χ1n) is 19.5. The summed E-state index contributed by atoms with van der Waals surface area (Å²) >= 11 is 0. The summed E-state index contributed by atoms with van der Waals surface area (Å²) in [7, 11) is -4.49. The average Bonchev–Trinajstić information content (AvgIpc) is 3.18. The standard InChI is InChI=1S/C44H58N4O3Si2/c1-52(2,41-15-11-33(12-16-41)29-43(49)47-23-19-37(20-24-47)39-9-5-7-35(27-39)31-45)51-53(3,4)42-17-13-34(14-18-42)30-44(50)48-25-21-38(22-26-48)40-10-6-8-36(28-40)32-46/h5-18,27-28,37-38H,19-26,29-32,45-46H2,1-4H3. The molecule has 7 nitrogen and oxygen atoms in total. The molecular weight excluding hydrogens is 689 g/mol. The van der Waals surface area contributed by atoms with Gasteiger partial charge in [-0.3, -0.25) is 9.59 Å². The average molecular weight is 747 g/mol. The summed E-state index contributed by atoms with van der Waals surface area (Å²) in [5.74, 6) is 1.37. The number of carbonyl (C=O) groups is 2. The van der Waals surface area contributed by atoms with Crippen LogP contribution in [0, 0.1) is 0 Å². The predicted molar refractivity (Wildman–Crippen MR) is 221 cm³/mol. The van der Waals surface area contributed by atoms with Crippen molar-refractivity contribution in [2.24, 2.45) is 11.5 Å². The number of likely N-dealkylation sites (tertiary alicyclic amines) is 2. The highest BCUT2D eigenvalue weighted by Crippen LogP contribution is 2.30. The molecule has 2 saturated heterocycles. The topological polar surface area (TPSA) is 102 Å². The highest BCUT2D eigenvalue weighted by molar-refractivity contribution is 6.96. The van der Waals surface area contributed by atoms with Crippen molar-refractivity contribution in [3.05, 3.63) is 130 Å². The van der Waals surface area contributed by atoms with Crippen LogP contribution in [0.5, 0.6) is 0 Å². The maximum atomic E-state index is 13.3. The number of amides is 2. The number of hydrogen-bond donors (Lipinski definition) is 2. The van der Waals surface area contributed by atoms with Crippen LogP contribution in [0.25, 0.3) is 0 Å². The molecule has 9 heteroatoms. The van der Waals surface area contributed by atoms with Crippen molar-refractivity contribution >= 4 is 38.8 Å². The maximum Gasteiger partial charge on any atom is 0.226 e. The van der Waals surface area contributed by atoms with E-state index in [1.807, 2.05) is 9.80 Å². The molecule has 0 atom stereocenters. The molecule has 4 aromatic rings. The van der Waals surface area contributed by atoms with E-state index in [1.165, 1.54) is 32.6 Å². The molecule has 0 radical (unpaired) electrons. The van der Waals surface area contributed by atoms with E-state index in [2.05, 4.69) is 123 Å². The molecule has 2 aliphatic heterocycles. The molecule has 2 amide bonds. The van der Waals surface area contributed by atoms with Crippen LogP contribution < -0.4 is 21.8 Å². The zero-order valence-electron chi connectivity index (χ0n) is 32.2. The molecule has 2 heterocycles. The minimum absolute atomic E-state index is 0.202. The van der Waals surface area contributed by atoms with Gasteiger partial charge in [0.15, 0.2) is 0 Å². The van der Waals surface area contributed by atoms with Gasteiger partial charge in [-0.1, -0.05) is 97.1 Å². The lowest BCUT2D eigenvalue weighted by molar-refractivity contribution is -0.132. The quantitative estimate of drug-likeness (QED) is 0.172. The van der Waals surface area contributed by atoms with E-state index in [9.17, 15) is 9.59 Å². The van der Waals surface area contributed by atoms with E-state index in [1.54, 1.807) is 0 Å². The second kappa shape index (κ2) is 17.1. The molecule has 4 aromatic carbocycles. The fourth-order valence-electron chi connectivity index (χ4n) is 8.25. The summed E-state index contributed by atoms with van der Waals surface area (Å²) in [5.41, 5.74) is 18.8. The molecule has 0 aliphatic carbocycles. The molecule has 2 fully saturated rings. The highest BCUT2D eigenvalue weighted by atomic mass is 28.4. The van der Waals surface area contributed by atoms with Crippen molar-refractivity contribution in [1.29, 1.82) is 0 Å². The summed E-state index contributed by atoms with van der Waals surface area (Å²) in [4.78, 5) is 30.6. The van der Waals surface area contributed by atoms with Gasteiger partial charge in [0.25, 0.3) is 0 Å². The van der Waals surface area contributed by atoms with Crippen LogP contribution in [0.15, 0.2) is 97.1 Å². The molecular formula is C44H58N4O3Si2. The van der Waals surface area contributed by atoms with Crippen LogP contribution in [0.4, 0.5) is 0 Å². The molecule has 0 spiro atoms. The molecule has 0 saturated carbocycles. The summed E-state index contributed by atoms with van der Waals surface area (Å²) in [6.07, 6.45) is 4.80. The largest absolute Gasteiger partial charge is 0.449 e. The van der Waals surface area contributed by atoms with E-state index in [4.69, 9.17) is 15.6 Å².